The van der Waals surface area contributed by atoms with Gasteiger partial charge < -0.3 is 15.0 Å². The maximum absolute atomic E-state index is 12.0. The highest BCUT2D eigenvalue weighted by molar-refractivity contribution is 5.86. The van der Waals surface area contributed by atoms with Gasteiger partial charge in [-0.05, 0) is 31.5 Å². The molecule has 0 aliphatic rings. The summed E-state index contributed by atoms with van der Waals surface area (Å²) in [5.74, 6) is 0.492. The van der Waals surface area contributed by atoms with E-state index in [4.69, 9.17) is 4.74 Å². The molecule has 5 heteroatoms. The number of carbonyl (C=O) groups excluding carboxylic acids is 2. The first-order valence-corrected chi connectivity index (χ1v) is 6.67. The van der Waals surface area contributed by atoms with E-state index < -0.39 is 6.04 Å². The molecule has 110 valence electrons. The number of likely N-dealkylation sites (N-methyl/N-ethyl adjacent to an activating group) is 1. The first-order chi connectivity index (χ1) is 9.43. The van der Waals surface area contributed by atoms with E-state index in [-0.39, 0.29) is 11.8 Å². The molecule has 1 rings (SSSR count). The number of nitrogens with zero attached hydrogens (tertiary/aromatic N) is 1. The first-order valence-electron chi connectivity index (χ1n) is 6.67. The van der Waals surface area contributed by atoms with Crippen LogP contribution in [0.25, 0.3) is 0 Å². The minimum atomic E-state index is -0.514. The molecule has 0 aliphatic heterocycles. The zero-order valence-electron chi connectivity index (χ0n) is 12.5. The van der Waals surface area contributed by atoms with Crippen LogP contribution >= 0.6 is 0 Å². The van der Waals surface area contributed by atoms with Gasteiger partial charge in [0.15, 0.2) is 0 Å². The second-order valence-electron chi connectivity index (χ2n) is 4.69. The van der Waals surface area contributed by atoms with Gasteiger partial charge in [0.1, 0.15) is 11.8 Å². The summed E-state index contributed by atoms with van der Waals surface area (Å²) in [5, 5.41) is 2.58. The van der Waals surface area contributed by atoms with Crippen LogP contribution in [0, 0.1) is 0 Å². The summed E-state index contributed by atoms with van der Waals surface area (Å²) in [5.41, 5.74) is 1.01. The summed E-state index contributed by atoms with van der Waals surface area (Å²) in [6.45, 7) is 6.14. The number of rotatable bonds is 6. The monoisotopic (exact) mass is 278 g/mol. The van der Waals surface area contributed by atoms with Gasteiger partial charge in [-0.25, -0.2) is 0 Å². The van der Waals surface area contributed by atoms with Crippen molar-refractivity contribution in [1.29, 1.82) is 0 Å². The largest absolute Gasteiger partial charge is 0.494 e. The normalized spacial score (nSPS) is 11.6. The van der Waals surface area contributed by atoms with Crippen molar-refractivity contribution in [3.05, 3.63) is 29.8 Å². The maximum Gasteiger partial charge on any atom is 0.244 e. The van der Waals surface area contributed by atoms with E-state index in [9.17, 15) is 9.59 Å². The second kappa shape index (κ2) is 7.53. The molecule has 1 aromatic rings. The SMILES string of the molecule is CCOc1ccc(CN(C)C(=O)C(C)NC(C)=O)cc1. The fraction of sp³-hybridized carbons (Fsp3) is 0.467. The molecule has 1 aromatic carbocycles. The summed E-state index contributed by atoms with van der Waals surface area (Å²) in [6.07, 6.45) is 0. The molecule has 0 aliphatic carbocycles. The van der Waals surface area contributed by atoms with Gasteiger partial charge in [0.05, 0.1) is 6.61 Å². The van der Waals surface area contributed by atoms with Gasteiger partial charge >= 0.3 is 0 Å². The maximum atomic E-state index is 12.0. The molecular formula is C15H22N2O3. The number of hydrogen-bond acceptors (Lipinski definition) is 3. The number of carbonyl (C=O) groups is 2. The lowest BCUT2D eigenvalue weighted by Gasteiger charge is -2.22. The highest BCUT2D eigenvalue weighted by atomic mass is 16.5. The number of benzene rings is 1. The van der Waals surface area contributed by atoms with E-state index in [1.807, 2.05) is 31.2 Å². The first kappa shape index (κ1) is 16.0. The van der Waals surface area contributed by atoms with Crippen LogP contribution in [0.1, 0.15) is 26.3 Å². The number of ether oxygens (including phenoxy) is 1. The Morgan fingerprint density at radius 2 is 1.90 bits per heavy atom. The number of amides is 2. The summed E-state index contributed by atoms with van der Waals surface area (Å²) in [6, 6.07) is 7.11. The minimum Gasteiger partial charge on any atom is -0.494 e. The Bertz CT molecular complexity index is 457. The Morgan fingerprint density at radius 3 is 2.40 bits per heavy atom. The van der Waals surface area contributed by atoms with Crippen molar-refractivity contribution in [1.82, 2.24) is 10.2 Å². The van der Waals surface area contributed by atoms with Crippen LogP contribution < -0.4 is 10.1 Å². The third kappa shape index (κ3) is 4.91. The lowest BCUT2D eigenvalue weighted by Crippen LogP contribution is -2.44. The standard InChI is InChI=1S/C15H22N2O3/c1-5-20-14-8-6-13(7-9-14)10-17(4)15(19)11(2)16-12(3)18/h6-9,11H,5,10H2,1-4H3,(H,16,18). The molecule has 0 bridgehead atoms. The van der Waals surface area contributed by atoms with Crippen molar-refractivity contribution in [2.45, 2.75) is 33.4 Å². The lowest BCUT2D eigenvalue weighted by molar-refractivity contribution is -0.134. The summed E-state index contributed by atoms with van der Waals surface area (Å²) >= 11 is 0. The van der Waals surface area contributed by atoms with Gasteiger partial charge in [0, 0.05) is 20.5 Å². The van der Waals surface area contributed by atoms with Crippen molar-refractivity contribution >= 4 is 11.8 Å². The van der Waals surface area contributed by atoms with Crippen molar-refractivity contribution in [3.63, 3.8) is 0 Å². The minimum absolute atomic E-state index is 0.117. The molecule has 0 saturated heterocycles. The Balaban J connectivity index is 2.58. The molecular weight excluding hydrogens is 256 g/mol. The molecule has 0 spiro atoms. The molecule has 5 nitrogen and oxygen atoms in total. The lowest BCUT2D eigenvalue weighted by atomic mass is 10.2. The smallest absolute Gasteiger partial charge is 0.244 e. The Morgan fingerprint density at radius 1 is 1.30 bits per heavy atom. The highest BCUT2D eigenvalue weighted by Crippen LogP contribution is 2.13. The van der Waals surface area contributed by atoms with Gasteiger partial charge in [-0.2, -0.15) is 0 Å². The molecule has 20 heavy (non-hydrogen) atoms. The fourth-order valence-corrected chi connectivity index (χ4v) is 1.91. The molecule has 0 saturated carbocycles. The van der Waals surface area contributed by atoms with Gasteiger partial charge in [0.2, 0.25) is 11.8 Å². The van der Waals surface area contributed by atoms with Gasteiger partial charge in [-0.15, -0.1) is 0 Å². The number of hydrogen-bond donors (Lipinski definition) is 1. The van der Waals surface area contributed by atoms with Crippen LogP contribution in [0.3, 0.4) is 0 Å². The quantitative estimate of drug-likeness (QED) is 0.859. The Kier molecular flexibility index (Phi) is 6.03. The van der Waals surface area contributed by atoms with E-state index in [0.29, 0.717) is 13.2 Å². The van der Waals surface area contributed by atoms with Crippen molar-refractivity contribution in [2.75, 3.05) is 13.7 Å². The van der Waals surface area contributed by atoms with Gasteiger partial charge in [-0.3, -0.25) is 9.59 Å². The van der Waals surface area contributed by atoms with Crippen LogP contribution in [-0.2, 0) is 16.1 Å². The predicted octanol–water partition coefficient (Wildman–Crippen LogP) is 1.57. The van der Waals surface area contributed by atoms with Crippen LogP contribution in [0.2, 0.25) is 0 Å². The molecule has 2 amide bonds. The molecule has 1 N–H and O–H groups in total. The highest BCUT2D eigenvalue weighted by Gasteiger charge is 2.18. The van der Waals surface area contributed by atoms with Crippen molar-refractivity contribution < 1.29 is 14.3 Å². The summed E-state index contributed by atoms with van der Waals surface area (Å²) in [4.78, 5) is 24.6. The average molecular weight is 278 g/mol. The molecule has 0 aromatic heterocycles. The van der Waals surface area contributed by atoms with Crippen LogP contribution in [0.5, 0.6) is 5.75 Å². The topological polar surface area (TPSA) is 58.6 Å². The fourth-order valence-electron chi connectivity index (χ4n) is 1.91. The molecule has 1 atom stereocenters. The van der Waals surface area contributed by atoms with E-state index >= 15 is 0 Å². The second-order valence-corrected chi connectivity index (χ2v) is 4.69. The van der Waals surface area contributed by atoms with Gasteiger partial charge in [-0.1, -0.05) is 12.1 Å². The Hall–Kier alpha value is -2.04. The zero-order valence-corrected chi connectivity index (χ0v) is 12.5. The molecule has 0 heterocycles. The van der Waals surface area contributed by atoms with E-state index in [1.54, 1.807) is 18.9 Å². The molecule has 0 fully saturated rings. The van der Waals surface area contributed by atoms with E-state index in [1.165, 1.54) is 6.92 Å². The molecule has 1 unspecified atom stereocenters. The van der Waals surface area contributed by atoms with Crippen LogP contribution in [-0.4, -0.2) is 36.4 Å². The van der Waals surface area contributed by atoms with Crippen molar-refractivity contribution in [3.8, 4) is 5.75 Å². The third-order valence-electron chi connectivity index (χ3n) is 2.82. The van der Waals surface area contributed by atoms with Gasteiger partial charge in [0.25, 0.3) is 0 Å². The summed E-state index contributed by atoms with van der Waals surface area (Å²) in [7, 11) is 1.72. The van der Waals surface area contributed by atoms with Crippen molar-refractivity contribution in [2.24, 2.45) is 0 Å². The average Bonchev–Trinajstić information content (AvgIpc) is 2.39. The number of nitrogens with one attached hydrogen (secondary N) is 1. The third-order valence-corrected chi connectivity index (χ3v) is 2.82. The Labute approximate surface area is 119 Å². The van der Waals surface area contributed by atoms with E-state index in [2.05, 4.69) is 5.32 Å². The molecule has 0 radical (unpaired) electrons. The van der Waals surface area contributed by atoms with E-state index in [0.717, 1.165) is 11.3 Å². The van der Waals surface area contributed by atoms with Crippen LogP contribution in [0.4, 0.5) is 0 Å². The predicted molar refractivity (Wildman–Crippen MR) is 77.4 cm³/mol. The zero-order chi connectivity index (χ0) is 15.1. The van der Waals surface area contributed by atoms with Crippen LogP contribution in [0.15, 0.2) is 24.3 Å². The summed E-state index contributed by atoms with van der Waals surface area (Å²) < 4.78 is 5.37.